The minimum atomic E-state index is 0.318. The SMILES string of the molecule is C=CCCC(C)(CCC#N)CCCCCN. The summed E-state index contributed by atoms with van der Waals surface area (Å²) in [5, 5.41) is 8.68. The minimum Gasteiger partial charge on any atom is -0.330 e. The quantitative estimate of drug-likeness (QED) is 0.451. The van der Waals surface area contributed by atoms with Gasteiger partial charge >= 0.3 is 0 Å². The highest BCUT2D eigenvalue weighted by Crippen LogP contribution is 2.35. The van der Waals surface area contributed by atoms with Gasteiger partial charge in [0.15, 0.2) is 0 Å². The van der Waals surface area contributed by atoms with Crippen LogP contribution in [0.5, 0.6) is 0 Å². The summed E-state index contributed by atoms with van der Waals surface area (Å²) in [6, 6.07) is 2.26. The van der Waals surface area contributed by atoms with Crippen LogP contribution in [0.15, 0.2) is 12.7 Å². The summed E-state index contributed by atoms with van der Waals surface area (Å²) >= 11 is 0. The van der Waals surface area contributed by atoms with E-state index in [2.05, 4.69) is 19.6 Å². The van der Waals surface area contributed by atoms with Gasteiger partial charge in [0.2, 0.25) is 0 Å². The van der Waals surface area contributed by atoms with Gasteiger partial charge in [0.05, 0.1) is 6.07 Å². The lowest BCUT2D eigenvalue weighted by Gasteiger charge is -2.28. The van der Waals surface area contributed by atoms with E-state index in [4.69, 9.17) is 11.0 Å². The van der Waals surface area contributed by atoms with Crippen molar-refractivity contribution in [3.8, 4) is 6.07 Å². The topological polar surface area (TPSA) is 49.8 Å². The number of unbranched alkanes of at least 4 members (excludes halogenated alkanes) is 2. The highest BCUT2D eigenvalue weighted by atomic mass is 14.5. The maximum atomic E-state index is 8.68. The summed E-state index contributed by atoms with van der Waals surface area (Å²) in [6.45, 7) is 6.87. The van der Waals surface area contributed by atoms with E-state index in [1.807, 2.05) is 6.08 Å². The number of nitrogens with zero attached hydrogens (tertiary/aromatic N) is 1. The molecular weight excluding hydrogens is 196 g/mol. The van der Waals surface area contributed by atoms with E-state index < -0.39 is 0 Å². The molecule has 2 N–H and O–H groups in total. The maximum Gasteiger partial charge on any atom is 0.0621 e. The van der Waals surface area contributed by atoms with E-state index in [9.17, 15) is 0 Å². The van der Waals surface area contributed by atoms with Crippen molar-refractivity contribution in [3.63, 3.8) is 0 Å². The van der Waals surface area contributed by atoms with Crippen LogP contribution in [0.3, 0.4) is 0 Å². The predicted molar refractivity (Wildman–Crippen MR) is 69.9 cm³/mol. The molecule has 0 aliphatic rings. The Hall–Kier alpha value is -0.810. The molecule has 0 saturated heterocycles. The molecule has 0 aromatic heterocycles. The lowest BCUT2D eigenvalue weighted by Crippen LogP contribution is -2.16. The normalized spacial score (nSPS) is 14.1. The van der Waals surface area contributed by atoms with Crippen molar-refractivity contribution in [1.29, 1.82) is 5.26 Å². The molecule has 0 bridgehead atoms. The Morgan fingerprint density at radius 2 is 2.00 bits per heavy atom. The maximum absolute atomic E-state index is 8.68. The molecule has 2 heteroatoms. The van der Waals surface area contributed by atoms with Gasteiger partial charge in [-0.2, -0.15) is 5.26 Å². The first-order chi connectivity index (χ1) is 7.68. The third-order valence-electron chi connectivity index (χ3n) is 3.28. The molecule has 0 heterocycles. The fraction of sp³-hybridized carbons (Fsp3) is 0.786. The molecule has 0 radical (unpaired) electrons. The number of nitrogens with two attached hydrogens (primary N) is 1. The van der Waals surface area contributed by atoms with Gasteiger partial charge in [-0.15, -0.1) is 6.58 Å². The third-order valence-corrected chi connectivity index (χ3v) is 3.28. The smallest absolute Gasteiger partial charge is 0.0621 e. The minimum absolute atomic E-state index is 0.318. The van der Waals surface area contributed by atoms with Crippen LogP contribution in [0.2, 0.25) is 0 Å². The van der Waals surface area contributed by atoms with Gasteiger partial charge in [0, 0.05) is 6.42 Å². The highest BCUT2D eigenvalue weighted by molar-refractivity contribution is 4.83. The monoisotopic (exact) mass is 222 g/mol. The van der Waals surface area contributed by atoms with Gasteiger partial charge in [0.1, 0.15) is 0 Å². The zero-order chi connectivity index (χ0) is 12.3. The van der Waals surface area contributed by atoms with E-state index in [-0.39, 0.29) is 0 Å². The number of hydrogen-bond acceptors (Lipinski definition) is 2. The summed E-state index contributed by atoms with van der Waals surface area (Å²) in [5.41, 5.74) is 5.80. The van der Waals surface area contributed by atoms with Gasteiger partial charge < -0.3 is 5.73 Å². The van der Waals surface area contributed by atoms with Crippen LogP contribution in [-0.4, -0.2) is 6.54 Å². The van der Waals surface area contributed by atoms with Crippen LogP contribution >= 0.6 is 0 Å². The second-order valence-electron chi connectivity index (χ2n) is 4.90. The first-order valence-corrected chi connectivity index (χ1v) is 6.36. The summed E-state index contributed by atoms with van der Waals surface area (Å²) in [6.07, 6.45) is 10.6. The molecule has 0 aliphatic carbocycles. The number of nitriles is 1. The van der Waals surface area contributed by atoms with Crippen molar-refractivity contribution < 1.29 is 0 Å². The first-order valence-electron chi connectivity index (χ1n) is 6.36. The predicted octanol–water partition coefficient (Wildman–Crippen LogP) is 3.78. The average molecular weight is 222 g/mol. The van der Waals surface area contributed by atoms with Gasteiger partial charge in [-0.25, -0.2) is 0 Å². The van der Waals surface area contributed by atoms with E-state index in [0.717, 1.165) is 32.2 Å². The van der Waals surface area contributed by atoms with Crippen molar-refractivity contribution in [2.45, 2.75) is 58.3 Å². The van der Waals surface area contributed by atoms with Crippen LogP contribution in [0, 0.1) is 16.7 Å². The van der Waals surface area contributed by atoms with E-state index in [0.29, 0.717) is 11.8 Å². The van der Waals surface area contributed by atoms with Crippen LogP contribution in [0.25, 0.3) is 0 Å². The molecule has 16 heavy (non-hydrogen) atoms. The van der Waals surface area contributed by atoms with E-state index >= 15 is 0 Å². The third kappa shape index (κ3) is 7.48. The molecule has 0 spiro atoms. The number of rotatable bonds is 10. The van der Waals surface area contributed by atoms with E-state index in [1.54, 1.807) is 0 Å². The number of hydrogen-bond donors (Lipinski definition) is 1. The molecule has 0 aromatic carbocycles. The lowest BCUT2D eigenvalue weighted by atomic mass is 9.77. The van der Waals surface area contributed by atoms with Gasteiger partial charge in [-0.3, -0.25) is 0 Å². The average Bonchev–Trinajstić information content (AvgIpc) is 2.30. The molecule has 0 amide bonds. The molecule has 0 saturated carbocycles. The number of allylic oxidation sites excluding steroid dienone is 1. The Labute approximate surface area is 101 Å². The summed E-state index contributed by atoms with van der Waals surface area (Å²) in [7, 11) is 0. The molecule has 1 atom stereocenters. The molecule has 0 aromatic rings. The second kappa shape index (κ2) is 9.42. The Kier molecular flexibility index (Phi) is 8.94. The summed E-state index contributed by atoms with van der Waals surface area (Å²) in [4.78, 5) is 0. The Morgan fingerprint density at radius 3 is 2.56 bits per heavy atom. The van der Waals surface area contributed by atoms with Crippen LogP contribution in [-0.2, 0) is 0 Å². The molecular formula is C14H26N2. The van der Waals surface area contributed by atoms with Crippen LogP contribution in [0.1, 0.15) is 58.3 Å². The zero-order valence-electron chi connectivity index (χ0n) is 10.7. The molecule has 0 aliphatic heterocycles. The first kappa shape index (κ1) is 15.2. The zero-order valence-corrected chi connectivity index (χ0v) is 10.7. The Bertz CT molecular complexity index is 217. The molecule has 1 unspecified atom stereocenters. The van der Waals surface area contributed by atoms with Gasteiger partial charge in [-0.1, -0.05) is 25.8 Å². The fourth-order valence-corrected chi connectivity index (χ4v) is 2.06. The summed E-state index contributed by atoms with van der Waals surface area (Å²) < 4.78 is 0. The van der Waals surface area contributed by atoms with Gasteiger partial charge in [-0.05, 0) is 44.1 Å². The summed E-state index contributed by atoms with van der Waals surface area (Å²) in [5.74, 6) is 0. The van der Waals surface area contributed by atoms with Crippen molar-refractivity contribution in [3.05, 3.63) is 12.7 Å². The van der Waals surface area contributed by atoms with Crippen LogP contribution in [0.4, 0.5) is 0 Å². The molecule has 92 valence electrons. The molecule has 0 fully saturated rings. The molecule has 0 rings (SSSR count). The highest BCUT2D eigenvalue weighted by Gasteiger charge is 2.22. The van der Waals surface area contributed by atoms with Crippen molar-refractivity contribution in [2.75, 3.05) is 6.54 Å². The largest absolute Gasteiger partial charge is 0.330 e. The Balaban J connectivity index is 3.97. The van der Waals surface area contributed by atoms with Crippen molar-refractivity contribution in [1.82, 2.24) is 0 Å². The Morgan fingerprint density at radius 1 is 1.25 bits per heavy atom. The fourth-order valence-electron chi connectivity index (χ4n) is 2.06. The second-order valence-corrected chi connectivity index (χ2v) is 4.90. The molecule has 2 nitrogen and oxygen atoms in total. The van der Waals surface area contributed by atoms with Crippen LogP contribution < -0.4 is 5.73 Å². The van der Waals surface area contributed by atoms with E-state index in [1.165, 1.54) is 19.3 Å². The standard InChI is InChI=1S/C14H26N2/c1-3-4-9-14(2,11-8-13-16)10-6-5-7-12-15/h3H,1,4-12,15H2,2H3. The van der Waals surface area contributed by atoms with Crippen molar-refractivity contribution in [2.24, 2.45) is 11.1 Å². The van der Waals surface area contributed by atoms with Crippen molar-refractivity contribution >= 4 is 0 Å². The lowest BCUT2D eigenvalue weighted by molar-refractivity contribution is 0.245. The van der Waals surface area contributed by atoms with Gasteiger partial charge in [0.25, 0.3) is 0 Å².